The molecule has 0 unspecified atom stereocenters. The molecule has 19 nitrogen and oxygen atoms in total. The van der Waals surface area contributed by atoms with Crippen LogP contribution in [0.25, 0.3) is 21.3 Å². The van der Waals surface area contributed by atoms with Gasteiger partial charge in [-0.15, -0.1) is 11.3 Å². The Labute approximate surface area is 510 Å². The van der Waals surface area contributed by atoms with Crippen molar-refractivity contribution in [3.05, 3.63) is 113 Å². The number of likely N-dealkylation sites (tertiary alicyclic amines) is 1. The first-order valence-corrected chi connectivity index (χ1v) is 31.1. The number of unbranched alkanes of at least 4 members (excludes halogenated alkanes) is 5. The number of aliphatic hydroxyl groups excluding tert-OH is 1. The number of piperazine rings is 1. The third-order valence-corrected chi connectivity index (χ3v) is 16.6. The smallest absolute Gasteiger partial charge is 0.246 e. The van der Waals surface area contributed by atoms with E-state index in [0.717, 1.165) is 111 Å². The zero-order valence-electron chi connectivity index (χ0n) is 50.6. The van der Waals surface area contributed by atoms with E-state index in [9.17, 15) is 24.8 Å². The molecule has 2 aliphatic heterocycles. The predicted molar refractivity (Wildman–Crippen MR) is 337 cm³/mol. The first kappa shape index (κ1) is 64.6. The number of rotatable bonds is 32. The van der Waals surface area contributed by atoms with Crippen molar-refractivity contribution in [1.29, 1.82) is 5.26 Å². The van der Waals surface area contributed by atoms with E-state index in [1.165, 1.54) is 17.7 Å². The van der Waals surface area contributed by atoms with Gasteiger partial charge in [0.05, 0.1) is 65.9 Å². The normalized spacial score (nSPS) is 15.9. The summed E-state index contributed by atoms with van der Waals surface area (Å²) in [7, 11) is 1.62. The van der Waals surface area contributed by atoms with E-state index in [-0.39, 0.29) is 43.7 Å². The fourth-order valence-electron chi connectivity index (χ4n) is 10.8. The Bertz CT molecular complexity index is 3180. The number of nitrogen functional groups attached to an aromatic ring is 1. The lowest BCUT2D eigenvalue weighted by molar-refractivity contribution is -0.144. The minimum absolute atomic E-state index is 0.0282. The van der Waals surface area contributed by atoms with E-state index in [2.05, 4.69) is 41.8 Å². The summed E-state index contributed by atoms with van der Waals surface area (Å²) in [5.41, 5.74) is 13.2. The number of nitrogens with zero attached hydrogens (tertiary/aromatic N) is 6. The lowest BCUT2D eigenvalue weighted by atomic mass is 9.85. The lowest BCUT2D eigenvalue weighted by Crippen LogP contribution is -2.57. The number of nitrogens with two attached hydrogens (primary N) is 1. The van der Waals surface area contributed by atoms with Crippen molar-refractivity contribution < 1.29 is 43.2 Å². The Morgan fingerprint density at radius 2 is 1.51 bits per heavy atom. The number of hydrogen-bond acceptors (Lipinski definition) is 17. The number of aryl methyl sites for hydroxylation is 1. The van der Waals surface area contributed by atoms with Gasteiger partial charge in [0.2, 0.25) is 17.7 Å². The maximum atomic E-state index is 14.0. The molecule has 20 heteroatoms. The van der Waals surface area contributed by atoms with Crippen LogP contribution in [0.1, 0.15) is 102 Å². The number of nitrogens with one attached hydrogen (secondary N) is 3. The number of amides is 3. The number of anilines is 3. The van der Waals surface area contributed by atoms with E-state index in [1.807, 2.05) is 112 Å². The molecule has 8 rings (SSSR count). The number of ether oxygens (including phenoxy) is 5. The Balaban J connectivity index is 0.623. The fourth-order valence-corrected chi connectivity index (χ4v) is 11.6. The van der Waals surface area contributed by atoms with Crippen LogP contribution in [0.4, 0.5) is 17.1 Å². The summed E-state index contributed by atoms with van der Waals surface area (Å²) in [6.45, 7) is 17.2. The highest BCUT2D eigenvalue weighted by molar-refractivity contribution is 7.13. The first-order chi connectivity index (χ1) is 41.6. The quantitative estimate of drug-likeness (QED) is 0.0195. The molecule has 4 aromatic carbocycles. The maximum absolute atomic E-state index is 14.0. The second-order valence-electron chi connectivity index (χ2n) is 23.3. The molecule has 2 aromatic heterocycles. The summed E-state index contributed by atoms with van der Waals surface area (Å²) in [5, 5.41) is 30.7. The van der Waals surface area contributed by atoms with Gasteiger partial charge in [0, 0.05) is 107 Å². The fraction of sp³-hybridized carbons (Fsp3) is 0.485. The van der Waals surface area contributed by atoms with Crippen LogP contribution >= 0.6 is 11.3 Å². The molecule has 2 fully saturated rings. The molecule has 6 N–H and O–H groups in total. The van der Waals surface area contributed by atoms with E-state index in [0.29, 0.717) is 78.3 Å². The van der Waals surface area contributed by atoms with E-state index in [1.54, 1.807) is 30.7 Å². The van der Waals surface area contributed by atoms with Crippen LogP contribution in [-0.2, 0) is 30.4 Å². The molecule has 0 aliphatic carbocycles. The Morgan fingerprint density at radius 3 is 2.17 bits per heavy atom. The lowest BCUT2D eigenvalue weighted by Gasteiger charge is -2.35. The van der Waals surface area contributed by atoms with Crippen LogP contribution < -0.4 is 35.9 Å². The number of thiazole rings is 1. The minimum Gasteiger partial charge on any atom is -0.493 e. The Kier molecular flexibility index (Phi) is 24.3. The molecule has 0 bridgehead atoms. The van der Waals surface area contributed by atoms with Gasteiger partial charge in [-0.25, -0.2) is 4.98 Å². The van der Waals surface area contributed by atoms with Crippen LogP contribution in [0.5, 0.6) is 23.0 Å². The molecule has 0 radical (unpaired) electrons. The molecule has 4 heterocycles. The van der Waals surface area contributed by atoms with Crippen molar-refractivity contribution in [1.82, 2.24) is 35.3 Å². The van der Waals surface area contributed by atoms with Crippen molar-refractivity contribution in [3.63, 3.8) is 0 Å². The standard InChI is InChI=1S/C66H86N10O9S/c1-46-62(86-45-71-46)48-20-18-47(19-21-48)42-70-64(79)57-38-52(77)44-76(57)65(80)63(66(2,3)4)73-60(78)17-9-8-12-33-83-36-35-82-32-11-7-6-10-26-74-28-30-75(31-29-74)27-14-34-84-59-40-56-55(39-58(59)81-5)61(49(41-67)43-69-56)72-51-22-24-53(25-23-51)85-54-16-13-15-50(68)37-54/h13,15-16,18-25,37,39-40,43,45,52,57,63,77H,6-12,14,17,26-36,38,42,44,68H2,1-5H3,(H,69,72)(H,70,79)(H,73,78)/t52-,57+,63-/m1/s1. The van der Waals surface area contributed by atoms with Crippen molar-refractivity contribution in [3.8, 4) is 39.5 Å². The van der Waals surface area contributed by atoms with E-state index < -0.39 is 23.6 Å². The molecule has 460 valence electrons. The van der Waals surface area contributed by atoms with E-state index in [4.69, 9.17) is 29.4 Å². The SMILES string of the molecule is COc1cc2c(Nc3ccc(Oc4cccc(N)c4)cc3)c(C#N)cnc2cc1OCCCN1CCN(CCCCCCOCCOCCCCCC(=O)N[C@H](C(=O)N2C[C@H](O)C[C@H]2C(=O)NCc2ccc(-c3scnc3C)cc2)C(C)(C)C)CC1. The molecular formula is C66H86N10O9S. The molecule has 0 spiro atoms. The number of nitriles is 1. The highest BCUT2D eigenvalue weighted by Gasteiger charge is 2.44. The van der Waals surface area contributed by atoms with Gasteiger partial charge in [-0.1, -0.05) is 70.4 Å². The van der Waals surface area contributed by atoms with Crippen LogP contribution in [-0.4, -0.2) is 152 Å². The summed E-state index contributed by atoms with van der Waals surface area (Å²) in [5.74, 6) is 1.57. The molecule has 3 atom stereocenters. The van der Waals surface area contributed by atoms with Gasteiger partial charge >= 0.3 is 0 Å². The number of methoxy groups -OCH3 is 1. The monoisotopic (exact) mass is 1190 g/mol. The average molecular weight is 1200 g/mol. The topological polar surface area (TPSA) is 239 Å². The van der Waals surface area contributed by atoms with Crippen LogP contribution in [0.15, 0.2) is 96.6 Å². The zero-order valence-corrected chi connectivity index (χ0v) is 51.4. The molecule has 86 heavy (non-hydrogen) atoms. The van der Waals surface area contributed by atoms with Crippen LogP contribution in [0.2, 0.25) is 0 Å². The molecule has 0 saturated carbocycles. The zero-order chi connectivity index (χ0) is 60.8. The van der Waals surface area contributed by atoms with Crippen molar-refractivity contribution in [2.75, 3.05) is 97.0 Å². The second-order valence-corrected chi connectivity index (χ2v) is 24.1. The summed E-state index contributed by atoms with van der Waals surface area (Å²) < 4.78 is 29.6. The summed E-state index contributed by atoms with van der Waals surface area (Å²) in [4.78, 5) is 57.2. The molecule has 6 aromatic rings. The van der Waals surface area contributed by atoms with Gasteiger partial charge in [-0.05, 0) is 105 Å². The molecular weight excluding hydrogens is 1110 g/mol. The first-order valence-electron chi connectivity index (χ1n) is 30.2. The van der Waals surface area contributed by atoms with Gasteiger partial charge in [0.1, 0.15) is 29.7 Å². The number of pyridine rings is 1. The van der Waals surface area contributed by atoms with Gasteiger partial charge < -0.3 is 65.2 Å². The second kappa shape index (κ2) is 32.4. The highest BCUT2D eigenvalue weighted by Crippen LogP contribution is 2.38. The van der Waals surface area contributed by atoms with Gasteiger partial charge in [-0.2, -0.15) is 5.26 Å². The number of aliphatic hydroxyl groups is 1. The van der Waals surface area contributed by atoms with Gasteiger partial charge in [-0.3, -0.25) is 19.4 Å². The predicted octanol–water partition coefficient (Wildman–Crippen LogP) is 10.0. The summed E-state index contributed by atoms with van der Waals surface area (Å²) >= 11 is 1.58. The van der Waals surface area contributed by atoms with Gasteiger partial charge in [0.15, 0.2) is 11.5 Å². The van der Waals surface area contributed by atoms with Crippen LogP contribution in [0, 0.1) is 23.7 Å². The Morgan fingerprint density at radius 1 is 0.814 bits per heavy atom. The summed E-state index contributed by atoms with van der Waals surface area (Å²) in [6, 6.07) is 27.0. The maximum Gasteiger partial charge on any atom is 0.246 e. The molecule has 2 aliphatic rings. The summed E-state index contributed by atoms with van der Waals surface area (Å²) in [6.07, 6.45) is 8.82. The number of aromatic nitrogens is 2. The van der Waals surface area contributed by atoms with Crippen molar-refractivity contribution >= 4 is 57.0 Å². The average Bonchev–Trinajstić information content (AvgIpc) is 2.61. The third kappa shape index (κ3) is 19.1. The molecule has 2 saturated heterocycles. The number of benzene rings is 4. The number of carbonyl (C=O) groups excluding carboxylic acids is 3. The number of hydrogen-bond donors (Lipinski definition) is 5. The van der Waals surface area contributed by atoms with E-state index >= 15 is 0 Å². The number of carbonyl (C=O) groups is 3. The minimum atomic E-state index is -0.861. The largest absolute Gasteiger partial charge is 0.493 e. The Hall–Kier alpha value is -7.38. The third-order valence-electron chi connectivity index (χ3n) is 15.6. The van der Waals surface area contributed by atoms with Gasteiger partial charge in [0.25, 0.3) is 0 Å². The van der Waals surface area contributed by atoms with Crippen LogP contribution in [0.3, 0.4) is 0 Å². The van der Waals surface area contributed by atoms with Crippen molar-refractivity contribution in [2.24, 2.45) is 5.41 Å². The number of fused-ring (bicyclic) bond motifs is 1. The highest BCUT2D eigenvalue weighted by atomic mass is 32.1. The molecule has 3 amide bonds. The number of β-amino-alcohol motifs (C(OH)–C–C–N with tert-alkyl or cyclic N) is 1. The van der Waals surface area contributed by atoms with Crippen molar-refractivity contribution in [2.45, 2.75) is 117 Å².